The van der Waals surface area contributed by atoms with Crippen molar-refractivity contribution in [3.05, 3.63) is 59.1 Å². The maximum Gasteiger partial charge on any atom is 0.257 e. The van der Waals surface area contributed by atoms with Crippen LogP contribution in [0.5, 0.6) is 0 Å². The van der Waals surface area contributed by atoms with E-state index >= 15 is 0 Å². The van der Waals surface area contributed by atoms with Gasteiger partial charge in [-0.1, -0.05) is 6.07 Å². The van der Waals surface area contributed by atoms with Gasteiger partial charge in [-0.25, -0.2) is 8.78 Å². The van der Waals surface area contributed by atoms with E-state index in [9.17, 15) is 13.6 Å². The molecule has 0 unspecified atom stereocenters. The van der Waals surface area contributed by atoms with E-state index in [1.54, 1.807) is 11.0 Å². The molecular formula is C16H15F2NO2. The zero-order chi connectivity index (χ0) is 15.0. The van der Waals surface area contributed by atoms with E-state index in [-0.39, 0.29) is 18.2 Å². The molecule has 1 amide bonds. The molecule has 0 bridgehead atoms. The third kappa shape index (κ3) is 2.82. The van der Waals surface area contributed by atoms with Crippen LogP contribution in [0.3, 0.4) is 0 Å². The zero-order valence-electron chi connectivity index (χ0n) is 11.6. The second-order valence-electron chi connectivity index (χ2n) is 5.28. The number of nitrogens with zero attached hydrogens (tertiary/aromatic N) is 1. The summed E-state index contributed by atoms with van der Waals surface area (Å²) in [5.74, 6) is -1.20. The van der Waals surface area contributed by atoms with Gasteiger partial charge in [0.25, 0.3) is 5.91 Å². The molecule has 2 aromatic rings. The molecule has 1 saturated carbocycles. The number of carbonyl (C=O) groups is 1. The number of amides is 1. The van der Waals surface area contributed by atoms with E-state index in [0.717, 1.165) is 24.7 Å². The van der Waals surface area contributed by atoms with Crippen LogP contribution in [0.2, 0.25) is 0 Å². The van der Waals surface area contributed by atoms with Crippen molar-refractivity contribution < 1.29 is 18.0 Å². The third-order valence-electron chi connectivity index (χ3n) is 3.55. The monoisotopic (exact) mass is 291 g/mol. The highest BCUT2D eigenvalue weighted by molar-refractivity contribution is 5.94. The number of furan rings is 1. The SMILES string of the molecule is Cc1ccc(CN(C(=O)c2cccc(F)c2F)C2CC2)o1. The first-order valence-electron chi connectivity index (χ1n) is 6.86. The van der Waals surface area contributed by atoms with E-state index in [4.69, 9.17) is 4.42 Å². The predicted molar refractivity (Wildman–Crippen MR) is 72.7 cm³/mol. The quantitative estimate of drug-likeness (QED) is 0.861. The van der Waals surface area contributed by atoms with Crippen LogP contribution in [0.25, 0.3) is 0 Å². The van der Waals surface area contributed by atoms with Gasteiger partial charge in [0.1, 0.15) is 11.5 Å². The molecule has 0 spiro atoms. The standard InChI is InChI=1S/C16H15F2NO2/c1-10-5-8-12(21-10)9-19(11-6-7-11)16(20)13-3-2-4-14(17)15(13)18/h2-5,8,11H,6-7,9H2,1H3. The number of rotatable bonds is 4. The summed E-state index contributed by atoms with van der Waals surface area (Å²) in [6.45, 7) is 2.09. The van der Waals surface area contributed by atoms with Crippen molar-refractivity contribution in [2.24, 2.45) is 0 Å². The molecule has 1 aromatic heterocycles. The van der Waals surface area contributed by atoms with Gasteiger partial charge >= 0.3 is 0 Å². The van der Waals surface area contributed by atoms with E-state index < -0.39 is 17.5 Å². The van der Waals surface area contributed by atoms with Gasteiger partial charge in [-0.2, -0.15) is 0 Å². The molecule has 1 aliphatic rings. The lowest BCUT2D eigenvalue weighted by Crippen LogP contribution is -2.33. The highest BCUT2D eigenvalue weighted by atomic mass is 19.2. The largest absolute Gasteiger partial charge is 0.464 e. The number of benzene rings is 1. The Balaban J connectivity index is 1.87. The van der Waals surface area contributed by atoms with Crippen molar-refractivity contribution in [1.29, 1.82) is 0 Å². The number of hydrogen-bond acceptors (Lipinski definition) is 2. The number of hydrogen-bond donors (Lipinski definition) is 0. The van der Waals surface area contributed by atoms with Crippen LogP contribution in [0, 0.1) is 18.6 Å². The normalized spacial score (nSPS) is 14.2. The maximum atomic E-state index is 13.8. The fraction of sp³-hybridized carbons (Fsp3) is 0.312. The average Bonchev–Trinajstić information content (AvgIpc) is 3.22. The van der Waals surface area contributed by atoms with Crippen LogP contribution in [0.1, 0.15) is 34.7 Å². The van der Waals surface area contributed by atoms with Gasteiger partial charge in [-0.05, 0) is 44.0 Å². The smallest absolute Gasteiger partial charge is 0.257 e. The van der Waals surface area contributed by atoms with Crippen molar-refractivity contribution in [3.8, 4) is 0 Å². The Bertz CT molecular complexity index is 677. The summed E-state index contributed by atoms with van der Waals surface area (Å²) >= 11 is 0. The number of aryl methyl sites for hydroxylation is 1. The lowest BCUT2D eigenvalue weighted by Gasteiger charge is -2.21. The molecule has 0 aliphatic heterocycles. The first-order valence-corrected chi connectivity index (χ1v) is 6.86. The second kappa shape index (κ2) is 5.31. The van der Waals surface area contributed by atoms with E-state index in [1.807, 2.05) is 13.0 Å². The zero-order valence-corrected chi connectivity index (χ0v) is 11.6. The molecule has 3 nitrogen and oxygen atoms in total. The topological polar surface area (TPSA) is 33.5 Å². The Morgan fingerprint density at radius 3 is 2.67 bits per heavy atom. The Labute approximate surface area is 121 Å². The van der Waals surface area contributed by atoms with Gasteiger partial charge in [0.2, 0.25) is 0 Å². The fourth-order valence-electron chi connectivity index (χ4n) is 2.31. The van der Waals surface area contributed by atoms with E-state index in [0.29, 0.717) is 5.76 Å². The molecule has 21 heavy (non-hydrogen) atoms. The minimum absolute atomic E-state index is 0.0746. The molecular weight excluding hydrogens is 276 g/mol. The summed E-state index contributed by atoms with van der Waals surface area (Å²) in [6.07, 6.45) is 1.75. The highest BCUT2D eigenvalue weighted by Gasteiger charge is 2.35. The van der Waals surface area contributed by atoms with E-state index in [2.05, 4.69) is 0 Å². The van der Waals surface area contributed by atoms with Crippen LogP contribution < -0.4 is 0 Å². The molecule has 3 rings (SSSR count). The predicted octanol–water partition coefficient (Wildman–Crippen LogP) is 3.67. The second-order valence-corrected chi connectivity index (χ2v) is 5.28. The van der Waals surface area contributed by atoms with Crippen molar-refractivity contribution in [3.63, 3.8) is 0 Å². The Morgan fingerprint density at radius 1 is 1.29 bits per heavy atom. The van der Waals surface area contributed by atoms with Gasteiger partial charge in [0.05, 0.1) is 12.1 Å². The van der Waals surface area contributed by atoms with Crippen LogP contribution in [0.4, 0.5) is 8.78 Å². The summed E-state index contributed by atoms with van der Waals surface area (Å²) in [4.78, 5) is 14.0. The molecule has 0 atom stereocenters. The lowest BCUT2D eigenvalue weighted by atomic mass is 10.1. The summed E-state index contributed by atoms with van der Waals surface area (Å²) in [6, 6.07) is 7.33. The maximum absolute atomic E-state index is 13.8. The molecule has 1 aliphatic carbocycles. The first kappa shape index (κ1) is 13.8. The van der Waals surface area contributed by atoms with E-state index in [1.165, 1.54) is 12.1 Å². The Morgan fingerprint density at radius 2 is 2.05 bits per heavy atom. The van der Waals surface area contributed by atoms with Gasteiger partial charge < -0.3 is 9.32 Å². The van der Waals surface area contributed by atoms with Crippen molar-refractivity contribution in [2.75, 3.05) is 0 Å². The van der Waals surface area contributed by atoms with Gasteiger partial charge in [-0.15, -0.1) is 0 Å². The number of halogens is 2. The van der Waals surface area contributed by atoms with Crippen molar-refractivity contribution >= 4 is 5.91 Å². The number of carbonyl (C=O) groups excluding carboxylic acids is 1. The van der Waals surface area contributed by atoms with Gasteiger partial charge in [0, 0.05) is 6.04 Å². The van der Waals surface area contributed by atoms with Gasteiger partial charge in [-0.3, -0.25) is 4.79 Å². The fourth-order valence-corrected chi connectivity index (χ4v) is 2.31. The molecule has 1 aromatic carbocycles. The summed E-state index contributed by atoms with van der Waals surface area (Å²) in [7, 11) is 0. The van der Waals surface area contributed by atoms with Crippen LogP contribution in [-0.2, 0) is 6.54 Å². The average molecular weight is 291 g/mol. The van der Waals surface area contributed by atoms with Gasteiger partial charge in [0.15, 0.2) is 11.6 Å². The van der Waals surface area contributed by atoms with Crippen molar-refractivity contribution in [2.45, 2.75) is 32.4 Å². The first-order chi connectivity index (χ1) is 10.1. The molecule has 1 heterocycles. The Hall–Kier alpha value is -2.17. The molecule has 5 heteroatoms. The highest BCUT2D eigenvalue weighted by Crippen LogP contribution is 2.30. The molecule has 0 radical (unpaired) electrons. The molecule has 110 valence electrons. The van der Waals surface area contributed by atoms with Crippen LogP contribution in [-0.4, -0.2) is 16.8 Å². The molecule has 0 saturated heterocycles. The Kier molecular flexibility index (Phi) is 3.49. The minimum Gasteiger partial charge on any atom is -0.464 e. The van der Waals surface area contributed by atoms with Crippen LogP contribution in [0.15, 0.2) is 34.7 Å². The summed E-state index contributed by atoms with van der Waals surface area (Å²) < 4.78 is 32.5. The summed E-state index contributed by atoms with van der Waals surface area (Å²) in [5.41, 5.74) is -0.231. The molecule has 0 N–H and O–H groups in total. The van der Waals surface area contributed by atoms with Crippen molar-refractivity contribution in [1.82, 2.24) is 4.90 Å². The minimum atomic E-state index is -1.09. The lowest BCUT2D eigenvalue weighted by molar-refractivity contribution is 0.0711. The van der Waals surface area contributed by atoms with Crippen LogP contribution >= 0.6 is 0 Å². The molecule has 1 fully saturated rings. The summed E-state index contributed by atoms with van der Waals surface area (Å²) in [5, 5.41) is 0. The third-order valence-corrected chi connectivity index (χ3v) is 3.55.